The minimum Gasteiger partial charge on any atom is -0.466 e. The van der Waals surface area contributed by atoms with Gasteiger partial charge in [-0.15, -0.1) is 0 Å². The van der Waals surface area contributed by atoms with Crippen molar-refractivity contribution in [3.63, 3.8) is 0 Å². The molecule has 0 saturated carbocycles. The van der Waals surface area contributed by atoms with Crippen molar-refractivity contribution in [1.82, 2.24) is 14.6 Å². The van der Waals surface area contributed by atoms with E-state index in [1.165, 1.54) is 10.4 Å². The Bertz CT molecular complexity index is 1490. The second-order valence-corrected chi connectivity index (χ2v) is 11.6. The molecule has 0 bridgehead atoms. The summed E-state index contributed by atoms with van der Waals surface area (Å²) in [5, 5.41) is 3.26. The lowest BCUT2D eigenvalue weighted by molar-refractivity contribution is -0.121. The number of carbonyl (C=O) groups is 1. The minimum absolute atomic E-state index is 0.202. The fraction of sp³-hybridized carbons (Fsp3) is 0.259. The third-order valence-electron chi connectivity index (χ3n) is 6.54. The normalized spacial score (nSPS) is 19.4. The lowest BCUT2D eigenvalue weighted by Gasteiger charge is -2.29. The van der Waals surface area contributed by atoms with Crippen LogP contribution in [0.3, 0.4) is 0 Å². The maximum atomic E-state index is 13.2. The standard InChI is InChI=1S/C27H27ClN4O5S/c1-2-25(33)31-27(15-18-6-7-24(29)30-17-18)16-21-12-20(14-23(28)26(21)37-27)19-4-3-5-22(13-19)38(34,35)32-8-10-36-11-9-32/h2-7,12-14,17H,1,8-11,15-16H2,(H2,29,30)(H,31,33). The summed E-state index contributed by atoms with van der Waals surface area (Å²) in [6.45, 7) is 4.93. The first kappa shape index (κ1) is 26.2. The molecule has 1 aromatic heterocycles. The third-order valence-corrected chi connectivity index (χ3v) is 8.72. The molecule has 198 valence electrons. The number of benzene rings is 2. The molecule has 1 saturated heterocycles. The molecule has 5 rings (SSSR count). The predicted molar refractivity (Wildman–Crippen MR) is 144 cm³/mol. The first-order chi connectivity index (χ1) is 18.2. The Balaban J connectivity index is 1.47. The van der Waals surface area contributed by atoms with E-state index < -0.39 is 21.7 Å². The van der Waals surface area contributed by atoms with Crippen LogP contribution in [0.15, 0.2) is 72.3 Å². The highest BCUT2D eigenvalue weighted by molar-refractivity contribution is 7.89. The fourth-order valence-corrected chi connectivity index (χ4v) is 6.46. The van der Waals surface area contributed by atoms with E-state index in [1.54, 1.807) is 36.5 Å². The number of aromatic nitrogens is 1. The van der Waals surface area contributed by atoms with Crippen LogP contribution < -0.4 is 15.8 Å². The van der Waals surface area contributed by atoms with Crippen molar-refractivity contribution in [2.75, 3.05) is 32.0 Å². The Morgan fingerprint density at radius 2 is 1.97 bits per heavy atom. The molecule has 1 atom stereocenters. The maximum absolute atomic E-state index is 13.2. The van der Waals surface area contributed by atoms with Crippen molar-refractivity contribution in [1.29, 1.82) is 0 Å². The van der Waals surface area contributed by atoms with Crippen LogP contribution in [0.4, 0.5) is 5.82 Å². The van der Waals surface area contributed by atoms with Crippen LogP contribution >= 0.6 is 11.6 Å². The topological polar surface area (TPSA) is 124 Å². The van der Waals surface area contributed by atoms with Crippen LogP contribution in [-0.4, -0.2) is 55.6 Å². The Kier molecular flexibility index (Phi) is 7.15. The molecule has 9 nitrogen and oxygen atoms in total. The van der Waals surface area contributed by atoms with E-state index in [0.29, 0.717) is 61.3 Å². The molecule has 2 aliphatic rings. The molecule has 1 amide bonds. The number of amides is 1. The zero-order valence-electron chi connectivity index (χ0n) is 20.5. The number of ether oxygens (including phenoxy) is 2. The number of morpholine rings is 1. The van der Waals surface area contributed by atoms with E-state index in [-0.39, 0.29) is 4.90 Å². The van der Waals surface area contributed by atoms with Gasteiger partial charge in [0.25, 0.3) is 0 Å². The first-order valence-electron chi connectivity index (χ1n) is 12.0. The number of hydrogen-bond acceptors (Lipinski definition) is 7. The van der Waals surface area contributed by atoms with Gasteiger partial charge in [-0.25, -0.2) is 13.4 Å². The van der Waals surface area contributed by atoms with Crippen molar-refractivity contribution in [3.05, 3.63) is 83.5 Å². The lowest BCUT2D eigenvalue weighted by Crippen LogP contribution is -2.53. The second kappa shape index (κ2) is 10.4. The fourth-order valence-electron chi connectivity index (χ4n) is 4.73. The second-order valence-electron chi connectivity index (χ2n) is 9.23. The summed E-state index contributed by atoms with van der Waals surface area (Å²) < 4.78 is 39.4. The molecule has 3 aromatic rings. The van der Waals surface area contributed by atoms with Crippen molar-refractivity contribution in [2.45, 2.75) is 23.5 Å². The van der Waals surface area contributed by atoms with Gasteiger partial charge < -0.3 is 20.5 Å². The summed E-state index contributed by atoms with van der Waals surface area (Å²) >= 11 is 6.67. The number of nitrogens with one attached hydrogen (secondary N) is 1. The quantitative estimate of drug-likeness (QED) is 0.430. The molecule has 0 spiro atoms. The van der Waals surface area contributed by atoms with E-state index in [1.807, 2.05) is 18.2 Å². The number of carbonyl (C=O) groups excluding carboxylic acids is 1. The monoisotopic (exact) mass is 554 g/mol. The first-order valence-corrected chi connectivity index (χ1v) is 13.9. The Morgan fingerprint density at radius 1 is 1.18 bits per heavy atom. The highest BCUT2D eigenvalue weighted by Gasteiger charge is 2.42. The number of halogens is 1. The smallest absolute Gasteiger partial charge is 0.246 e. The molecule has 0 aliphatic carbocycles. The molecule has 3 N–H and O–H groups in total. The number of anilines is 1. The Hall–Kier alpha value is -3.44. The van der Waals surface area contributed by atoms with Gasteiger partial charge >= 0.3 is 0 Å². The number of hydrogen-bond donors (Lipinski definition) is 2. The summed E-state index contributed by atoms with van der Waals surface area (Å²) in [7, 11) is -3.66. The molecule has 11 heteroatoms. The Labute approximate surface area is 226 Å². The summed E-state index contributed by atoms with van der Waals surface area (Å²) in [5.41, 5.74) is 7.63. The van der Waals surface area contributed by atoms with Crippen LogP contribution in [0.1, 0.15) is 11.1 Å². The molecule has 38 heavy (non-hydrogen) atoms. The van der Waals surface area contributed by atoms with Crippen LogP contribution in [0.5, 0.6) is 5.75 Å². The number of nitrogens with zero attached hydrogens (tertiary/aromatic N) is 2. The zero-order chi connectivity index (χ0) is 26.9. The SMILES string of the molecule is C=CC(=O)NC1(Cc2ccc(N)nc2)Cc2cc(-c3cccc(S(=O)(=O)N4CCOCC4)c3)cc(Cl)c2O1. The molecular weight excluding hydrogens is 528 g/mol. The Morgan fingerprint density at radius 3 is 2.68 bits per heavy atom. The van der Waals surface area contributed by atoms with Gasteiger partial charge in [0, 0.05) is 37.7 Å². The summed E-state index contributed by atoms with van der Waals surface area (Å²) in [6.07, 6.45) is 3.46. The number of pyridine rings is 1. The van der Waals surface area contributed by atoms with Crippen molar-refractivity contribution in [3.8, 4) is 16.9 Å². The molecule has 1 fully saturated rings. The highest BCUT2D eigenvalue weighted by Crippen LogP contribution is 2.43. The van der Waals surface area contributed by atoms with Crippen LogP contribution in [0.2, 0.25) is 5.02 Å². The van der Waals surface area contributed by atoms with Gasteiger partial charge in [0.2, 0.25) is 15.9 Å². The molecule has 0 radical (unpaired) electrons. The van der Waals surface area contributed by atoms with Gasteiger partial charge in [0.05, 0.1) is 23.1 Å². The van der Waals surface area contributed by atoms with Gasteiger partial charge in [-0.3, -0.25) is 4.79 Å². The number of sulfonamides is 1. The van der Waals surface area contributed by atoms with Crippen LogP contribution in [0.25, 0.3) is 11.1 Å². The largest absolute Gasteiger partial charge is 0.466 e. The van der Waals surface area contributed by atoms with E-state index in [0.717, 1.165) is 16.7 Å². The zero-order valence-corrected chi connectivity index (χ0v) is 22.1. The number of nitrogens with two attached hydrogens (primary N) is 1. The number of fused-ring (bicyclic) bond motifs is 1. The molecule has 3 heterocycles. The van der Waals surface area contributed by atoms with Crippen LogP contribution in [-0.2, 0) is 32.4 Å². The van der Waals surface area contributed by atoms with Gasteiger partial charge in [0.15, 0.2) is 5.72 Å². The van der Waals surface area contributed by atoms with Crippen molar-refractivity contribution >= 4 is 33.3 Å². The summed E-state index contributed by atoms with van der Waals surface area (Å²) in [4.78, 5) is 16.7. The average Bonchev–Trinajstić information content (AvgIpc) is 3.28. The molecule has 2 aliphatic heterocycles. The van der Waals surface area contributed by atoms with Crippen molar-refractivity contribution < 1.29 is 22.7 Å². The molecule has 1 unspecified atom stereocenters. The summed E-state index contributed by atoms with van der Waals surface area (Å²) in [6, 6.07) is 13.9. The summed E-state index contributed by atoms with van der Waals surface area (Å²) in [5.74, 6) is 0.456. The van der Waals surface area contributed by atoms with Gasteiger partial charge in [-0.2, -0.15) is 4.31 Å². The number of nitrogen functional groups attached to an aromatic ring is 1. The predicted octanol–water partition coefficient (Wildman–Crippen LogP) is 3.18. The van der Waals surface area contributed by atoms with E-state index in [4.69, 9.17) is 26.8 Å². The molecular formula is C27H27ClN4O5S. The minimum atomic E-state index is -3.66. The van der Waals surface area contributed by atoms with Gasteiger partial charge in [-0.05, 0) is 53.1 Å². The van der Waals surface area contributed by atoms with E-state index in [2.05, 4.69) is 16.9 Å². The highest BCUT2D eigenvalue weighted by atomic mass is 35.5. The van der Waals surface area contributed by atoms with E-state index >= 15 is 0 Å². The lowest BCUT2D eigenvalue weighted by atomic mass is 9.95. The van der Waals surface area contributed by atoms with E-state index in [9.17, 15) is 13.2 Å². The van der Waals surface area contributed by atoms with Gasteiger partial charge in [-0.1, -0.05) is 36.4 Å². The van der Waals surface area contributed by atoms with Gasteiger partial charge in [0.1, 0.15) is 11.6 Å². The average molecular weight is 555 g/mol. The number of rotatable bonds is 7. The van der Waals surface area contributed by atoms with Crippen LogP contribution in [0, 0.1) is 0 Å². The third kappa shape index (κ3) is 5.25. The maximum Gasteiger partial charge on any atom is 0.246 e. The van der Waals surface area contributed by atoms with Crippen molar-refractivity contribution in [2.24, 2.45) is 0 Å². The molecule has 2 aromatic carbocycles.